The summed E-state index contributed by atoms with van der Waals surface area (Å²) in [5.41, 5.74) is 7.62. The van der Waals surface area contributed by atoms with Gasteiger partial charge >= 0.3 is 0 Å². The highest BCUT2D eigenvalue weighted by molar-refractivity contribution is 6.31. The average Bonchev–Trinajstić information content (AvgIpc) is 2.91. The molecule has 0 radical (unpaired) electrons. The molecule has 0 aromatic heterocycles. The van der Waals surface area contributed by atoms with Crippen molar-refractivity contribution in [2.75, 3.05) is 12.8 Å². The fraction of sp³-hybridized carbons (Fsp3) is 0.400. The molecule has 0 spiro atoms. The standard InChI is InChI=1S/C10H12ClNO/c1-13-10-5-8(11)7(4-9(10)12)6-2-3-6/h4-6H,2-3,12H2,1H3. The quantitative estimate of drug-likeness (QED) is 0.740. The highest BCUT2D eigenvalue weighted by Gasteiger charge is 2.26. The van der Waals surface area contributed by atoms with E-state index in [0.29, 0.717) is 17.4 Å². The molecule has 1 aliphatic carbocycles. The molecule has 1 fully saturated rings. The van der Waals surface area contributed by atoms with Crippen molar-refractivity contribution in [3.05, 3.63) is 22.7 Å². The Kier molecular flexibility index (Phi) is 2.08. The number of hydrogen-bond acceptors (Lipinski definition) is 2. The molecule has 0 unspecified atom stereocenters. The topological polar surface area (TPSA) is 35.2 Å². The van der Waals surface area contributed by atoms with E-state index < -0.39 is 0 Å². The molecule has 1 saturated carbocycles. The molecule has 1 aliphatic rings. The molecular weight excluding hydrogens is 186 g/mol. The summed E-state index contributed by atoms with van der Waals surface area (Å²) in [5.74, 6) is 1.29. The van der Waals surface area contributed by atoms with Crippen molar-refractivity contribution in [1.29, 1.82) is 0 Å². The molecule has 0 amide bonds. The normalized spacial score (nSPS) is 15.8. The summed E-state index contributed by atoms with van der Waals surface area (Å²) in [7, 11) is 1.60. The third-order valence-electron chi connectivity index (χ3n) is 2.37. The van der Waals surface area contributed by atoms with Crippen LogP contribution in [-0.4, -0.2) is 7.11 Å². The molecule has 0 bridgehead atoms. The highest BCUT2D eigenvalue weighted by Crippen LogP contribution is 2.45. The molecule has 0 aliphatic heterocycles. The van der Waals surface area contributed by atoms with Gasteiger partial charge in [0.1, 0.15) is 5.75 Å². The lowest BCUT2D eigenvalue weighted by atomic mass is 10.1. The number of nitrogens with two attached hydrogens (primary N) is 1. The molecule has 2 rings (SSSR count). The average molecular weight is 198 g/mol. The smallest absolute Gasteiger partial charge is 0.143 e. The van der Waals surface area contributed by atoms with Gasteiger partial charge in [-0.05, 0) is 30.4 Å². The van der Waals surface area contributed by atoms with E-state index in [-0.39, 0.29) is 0 Å². The molecule has 0 atom stereocenters. The molecule has 1 aromatic rings. The Hall–Kier alpha value is -0.890. The minimum absolute atomic E-state index is 0.626. The van der Waals surface area contributed by atoms with Crippen LogP contribution in [0.3, 0.4) is 0 Å². The molecular formula is C10H12ClNO. The fourth-order valence-corrected chi connectivity index (χ4v) is 1.78. The van der Waals surface area contributed by atoms with Crippen LogP contribution < -0.4 is 10.5 Å². The molecule has 0 heterocycles. The van der Waals surface area contributed by atoms with Crippen LogP contribution in [0.25, 0.3) is 0 Å². The summed E-state index contributed by atoms with van der Waals surface area (Å²) in [5, 5.41) is 0.772. The Morgan fingerprint density at radius 1 is 1.46 bits per heavy atom. The number of rotatable bonds is 2. The van der Waals surface area contributed by atoms with Gasteiger partial charge in [0.25, 0.3) is 0 Å². The highest BCUT2D eigenvalue weighted by atomic mass is 35.5. The maximum Gasteiger partial charge on any atom is 0.143 e. The summed E-state index contributed by atoms with van der Waals surface area (Å²) in [6.45, 7) is 0. The van der Waals surface area contributed by atoms with E-state index in [0.717, 1.165) is 5.02 Å². The van der Waals surface area contributed by atoms with Crippen LogP contribution in [0.5, 0.6) is 5.75 Å². The summed E-state index contributed by atoms with van der Waals surface area (Å²) < 4.78 is 5.07. The first-order valence-electron chi connectivity index (χ1n) is 4.35. The van der Waals surface area contributed by atoms with Crippen LogP contribution in [0.1, 0.15) is 24.3 Å². The van der Waals surface area contributed by atoms with Crippen LogP contribution in [0.15, 0.2) is 12.1 Å². The Morgan fingerprint density at radius 3 is 2.69 bits per heavy atom. The van der Waals surface area contributed by atoms with Crippen molar-refractivity contribution < 1.29 is 4.74 Å². The number of anilines is 1. The summed E-state index contributed by atoms with van der Waals surface area (Å²) >= 11 is 6.08. The number of ether oxygens (including phenoxy) is 1. The van der Waals surface area contributed by atoms with Crippen LogP contribution in [0, 0.1) is 0 Å². The summed E-state index contributed by atoms with van der Waals surface area (Å²) in [6.07, 6.45) is 2.46. The van der Waals surface area contributed by atoms with Crippen molar-refractivity contribution in [2.24, 2.45) is 0 Å². The molecule has 2 nitrogen and oxygen atoms in total. The Bertz CT molecular complexity index is 334. The lowest BCUT2D eigenvalue weighted by Crippen LogP contribution is -1.94. The van der Waals surface area contributed by atoms with E-state index in [9.17, 15) is 0 Å². The number of methoxy groups -OCH3 is 1. The van der Waals surface area contributed by atoms with Crippen molar-refractivity contribution in [3.63, 3.8) is 0 Å². The van der Waals surface area contributed by atoms with E-state index in [1.54, 1.807) is 13.2 Å². The first kappa shape index (κ1) is 8.70. The lowest BCUT2D eigenvalue weighted by Gasteiger charge is -2.08. The number of benzene rings is 1. The van der Waals surface area contributed by atoms with Gasteiger partial charge in [0.15, 0.2) is 0 Å². The zero-order valence-electron chi connectivity index (χ0n) is 7.51. The Labute approximate surface area is 82.6 Å². The van der Waals surface area contributed by atoms with Crippen molar-refractivity contribution in [3.8, 4) is 5.75 Å². The monoisotopic (exact) mass is 197 g/mol. The van der Waals surface area contributed by atoms with Gasteiger partial charge in [-0.3, -0.25) is 0 Å². The van der Waals surface area contributed by atoms with Gasteiger partial charge in [-0.25, -0.2) is 0 Å². The zero-order chi connectivity index (χ0) is 9.42. The van der Waals surface area contributed by atoms with Crippen LogP contribution in [0.4, 0.5) is 5.69 Å². The molecule has 13 heavy (non-hydrogen) atoms. The second kappa shape index (κ2) is 3.11. The first-order valence-corrected chi connectivity index (χ1v) is 4.73. The van der Waals surface area contributed by atoms with E-state index in [1.807, 2.05) is 6.07 Å². The van der Waals surface area contributed by atoms with Crippen LogP contribution in [-0.2, 0) is 0 Å². The van der Waals surface area contributed by atoms with Crippen LogP contribution in [0.2, 0.25) is 5.02 Å². The van der Waals surface area contributed by atoms with Gasteiger partial charge < -0.3 is 10.5 Å². The molecule has 1 aromatic carbocycles. The van der Waals surface area contributed by atoms with Crippen LogP contribution >= 0.6 is 11.6 Å². The Morgan fingerprint density at radius 2 is 2.15 bits per heavy atom. The second-order valence-corrected chi connectivity index (χ2v) is 3.80. The summed E-state index contributed by atoms with van der Waals surface area (Å²) in [6, 6.07) is 3.73. The number of hydrogen-bond donors (Lipinski definition) is 1. The Balaban J connectivity index is 2.42. The fourth-order valence-electron chi connectivity index (χ4n) is 1.47. The summed E-state index contributed by atoms with van der Waals surface area (Å²) in [4.78, 5) is 0. The predicted octanol–water partition coefficient (Wildman–Crippen LogP) is 2.81. The maximum absolute atomic E-state index is 6.08. The number of halogens is 1. The molecule has 0 saturated heterocycles. The van der Waals surface area contributed by atoms with E-state index >= 15 is 0 Å². The van der Waals surface area contributed by atoms with Gasteiger partial charge in [0, 0.05) is 11.1 Å². The maximum atomic E-state index is 6.08. The van der Waals surface area contributed by atoms with E-state index in [2.05, 4.69) is 0 Å². The van der Waals surface area contributed by atoms with Gasteiger partial charge in [-0.1, -0.05) is 11.6 Å². The van der Waals surface area contributed by atoms with Gasteiger partial charge in [0.05, 0.1) is 12.8 Å². The van der Waals surface area contributed by atoms with E-state index in [1.165, 1.54) is 18.4 Å². The number of nitrogen functional groups attached to an aromatic ring is 1. The van der Waals surface area contributed by atoms with Crippen molar-refractivity contribution >= 4 is 17.3 Å². The minimum Gasteiger partial charge on any atom is -0.495 e. The zero-order valence-corrected chi connectivity index (χ0v) is 8.27. The largest absolute Gasteiger partial charge is 0.495 e. The van der Waals surface area contributed by atoms with Gasteiger partial charge in [0.2, 0.25) is 0 Å². The SMILES string of the molecule is COc1cc(Cl)c(C2CC2)cc1N. The molecule has 2 N–H and O–H groups in total. The molecule has 70 valence electrons. The van der Waals surface area contributed by atoms with Gasteiger partial charge in [-0.2, -0.15) is 0 Å². The third-order valence-corrected chi connectivity index (χ3v) is 2.69. The van der Waals surface area contributed by atoms with E-state index in [4.69, 9.17) is 22.1 Å². The second-order valence-electron chi connectivity index (χ2n) is 3.39. The molecule has 3 heteroatoms. The van der Waals surface area contributed by atoms with Gasteiger partial charge in [-0.15, -0.1) is 0 Å². The third kappa shape index (κ3) is 1.59. The first-order chi connectivity index (χ1) is 6.22. The predicted molar refractivity (Wildman–Crippen MR) is 54.4 cm³/mol. The van der Waals surface area contributed by atoms with Crippen molar-refractivity contribution in [2.45, 2.75) is 18.8 Å². The minimum atomic E-state index is 0.626. The lowest BCUT2D eigenvalue weighted by molar-refractivity contribution is 0.417. The van der Waals surface area contributed by atoms with Crippen molar-refractivity contribution in [1.82, 2.24) is 0 Å².